The number of hydrogen-bond donors (Lipinski definition) is 1. The number of halogens is 4. The van der Waals surface area contributed by atoms with Gasteiger partial charge >= 0.3 is 12.3 Å². The average molecular weight is 322 g/mol. The summed E-state index contributed by atoms with van der Waals surface area (Å²) in [5.74, 6) is -5.49. The first-order chi connectivity index (χ1) is 10.1. The van der Waals surface area contributed by atoms with Gasteiger partial charge in [-0.1, -0.05) is 0 Å². The van der Waals surface area contributed by atoms with Gasteiger partial charge in [0.1, 0.15) is 17.3 Å². The molecule has 1 rings (SSSR count). The molecule has 0 saturated carbocycles. The van der Waals surface area contributed by atoms with Crippen LogP contribution in [0.3, 0.4) is 0 Å². The summed E-state index contributed by atoms with van der Waals surface area (Å²) in [6.07, 6.45) is -4.64. The predicted molar refractivity (Wildman–Crippen MR) is 65.3 cm³/mol. The zero-order chi connectivity index (χ0) is 16.9. The Morgan fingerprint density at radius 2 is 1.91 bits per heavy atom. The number of hydrogen-bond acceptors (Lipinski definition) is 5. The van der Waals surface area contributed by atoms with E-state index in [1.54, 1.807) is 0 Å². The lowest BCUT2D eigenvalue weighted by Gasteiger charge is -2.10. The van der Waals surface area contributed by atoms with Crippen molar-refractivity contribution in [2.45, 2.75) is 13.3 Å². The molecule has 0 bridgehead atoms. The summed E-state index contributed by atoms with van der Waals surface area (Å²) in [5, 5.41) is 9.58. The minimum atomic E-state index is -5.05. The summed E-state index contributed by atoms with van der Waals surface area (Å²) in [6.45, 7) is 1.37. The maximum Gasteiger partial charge on any atom is 0.573 e. The molecule has 0 radical (unpaired) electrons. The summed E-state index contributed by atoms with van der Waals surface area (Å²) in [6, 6.07) is 1.76. The molecule has 0 heterocycles. The molecular weight excluding hydrogens is 312 g/mol. The molecule has 120 valence electrons. The number of aliphatic hydroxyl groups excluding tert-OH is 1. The van der Waals surface area contributed by atoms with Crippen LogP contribution in [0, 0.1) is 5.82 Å². The van der Waals surface area contributed by atoms with E-state index in [9.17, 15) is 32.3 Å². The number of ketones is 1. The van der Waals surface area contributed by atoms with Gasteiger partial charge in [0.25, 0.3) is 5.78 Å². The number of benzene rings is 1. The van der Waals surface area contributed by atoms with Crippen molar-refractivity contribution in [1.82, 2.24) is 0 Å². The second-order valence-electron chi connectivity index (χ2n) is 3.84. The van der Waals surface area contributed by atoms with Crippen LogP contribution in [0.15, 0.2) is 24.3 Å². The Hall–Kier alpha value is -2.58. The van der Waals surface area contributed by atoms with E-state index >= 15 is 0 Å². The third-order valence-corrected chi connectivity index (χ3v) is 2.15. The van der Waals surface area contributed by atoms with Crippen LogP contribution in [0.1, 0.15) is 12.5 Å². The first-order valence-corrected chi connectivity index (χ1v) is 5.81. The second kappa shape index (κ2) is 6.92. The summed E-state index contributed by atoms with van der Waals surface area (Å²) < 4.78 is 57.3. The highest BCUT2D eigenvalue weighted by Gasteiger charge is 2.31. The van der Waals surface area contributed by atoms with Crippen molar-refractivity contribution in [3.63, 3.8) is 0 Å². The van der Waals surface area contributed by atoms with Gasteiger partial charge in [-0.15, -0.1) is 13.2 Å². The van der Waals surface area contributed by atoms with Gasteiger partial charge in [-0.25, -0.2) is 9.18 Å². The second-order valence-corrected chi connectivity index (χ2v) is 3.84. The van der Waals surface area contributed by atoms with Crippen LogP contribution in [0.5, 0.6) is 5.75 Å². The summed E-state index contributed by atoms with van der Waals surface area (Å²) >= 11 is 0. The lowest BCUT2D eigenvalue weighted by atomic mass is 10.1. The normalized spacial score (nSPS) is 12.0. The first-order valence-electron chi connectivity index (χ1n) is 5.81. The van der Waals surface area contributed by atoms with Crippen molar-refractivity contribution in [2.24, 2.45) is 0 Å². The van der Waals surface area contributed by atoms with Gasteiger partial charge in [0.2, 0.25) is 0 Å². The van der Waals surface area contributed by atoms with Crippen LogP contribution in [0.25, 0.3) is 5.76 Å². The zero-order valence-electron chi connectivity index (χ0n) is 11.1. The molecule has 5 nitrogen and oxygen atoms in total. The van der Waals surface area contributed by atoms with E-state index in [-0.39, 0.29) is 6.61 Å². The quantitative estimate of drug-likeness (QED) is 0.297. The molecule has 0 aliphatic rings. The molecule has 0 spiro atoms. The highest BCUT2D eigenvalue weighted by molar-refractivity contribution is 6.39. The first kappa shape index (κ1) is 17.5. The SMILES string of the molecule is CCOC(=O)C(=O)/C=C(\O)c1cc(F)cc(OC(F)(F)F)c1. The largest absolute Gasteiger partial charge is 0.573 e. The van der Waals surface area contributed by atoms with E-state index in [0.717, 1.165) is 0 Å². The van der Waals surface area contributed by atoms with Crippen molar-refractivity contribution in [3.05, 3.63) is 35.7 Å². The van der Waals surface area contributed by atoms with Crippen LogP contribution in [0.2, 0.25) is 0 Å². The molecule has 1 aromatic carbocycles. The van der Waals surface area contributed by atoms with Crippen LogP contribution in [-0.4, -0.2) is 29.8 Å². The molecule has 1 aromatic rings. The number of carbonyl (C=O) groups excluding carboxylic acids is 2. The fourth-order valence-corrected chi connectivity index (χ4v) is 1.37. The van der Waals surface area contributed by atoms with Gasteiger partial charge in [-0.05, 0) is 19.1 Å². The monoisotopic (exact) mass is 322 g/mol. The summed E-state index contributed by atoms with van der Waals surface area (Å²) in [5.41, 5.74) is -0.475. The Labute approximate surface area is 121 Å². The Balaban J connectivity index is 3.05. The lowest BCUT2D eigenvalue weighted by molar-refractivity contribution is -0.274. The van der Waals surface area contributed by atoms with E-state index in [1.807, 2.05) is 0 Å². The highest BCUT2D eigenvalue weighted by atomic mass is 19.4. The van der Waals surface area contributed by atoms with Crippen molar-refractivity contribution in [3.8, 4) is 5.75 Å². The fourth-order valence-electron chi connectivity index (χ4n) is 1.37. The van der Waals surface area contributed by atoms with Crippen LogP contribution in [0.4, 0.5) is 17.6 Å². The van der Waals surface area contributed by atoms with E-state index in [2.05, 4.69) is 9.47 Å². The molecule has 1 N–H and O–H groups in total. The van der Waals surface area contributed by atoms with Gasteiger partial charge in [0.15, 0.2) is 0 Å². The molecule has 0 atom stereocenters. The van der Waals surface area contributed by atoms with Crippen LogP contribution < -0.4 is 4.74 Å². The van der Waals surface area contributed by atoms with Gasteiger partial charge in [-0.3, -0.25) is 4.79 Å². The van der Waals surface area contributed by atoms with E-state index in [1.165, 1.54) is 6.92 Å². The number of esters is 1. The fraction of sp³-hybridized carbons (Fsp3) is 0.231. The molecule has 0 aromatic heterocycles. The van der Waals surface area contributed by atoms with Crippen molar-refractivity contribution in [2.75, 3.05) is 6.61 Å². The lowest BCUT2D eigenvalue weighted by Crippen LogP contribution is -2.17. The molecule has 0 aliphatic heterocycles. The van der Waals surface area contributed by atoms with Crippen molar-refractivity contribution in [1.29, 1.82) is 0 Å². The molecule has 0 amide bonds. The molecule has 0 fully saturated rings. The van der Waals surface area contributed by atoms with Crippen molar-refractivity contribution >= 4 is 17.5 Å². The minimum Gasteiger partial charge on any atom is -0.507 e. The molecule has 0 unspecified atom stereocenters. The molecular formula is C13H10F4O5. The summed E-state index contributed by atoms with van der Waals surface area (Å²) in [4.78, 5) is 22.4. The van der Waals surface area contributed by atoms with Crippen molar-refractivity contribution < 1.29 is 41.7 Å². The predicted octanol–water partition coefficient (Wildman–Crippen LogP) is 2.76. The number of aliphatic hydroxyl groups is 1. The van der Waals surface area contributed by atoms with Gasteiger partial charge in [0.05, 0.1) is 6.61 Å². The third kappa shape index (κ3) is 5.43. The maximum atomic E-state index is 13.2. The smallest absolute Gasteiger partial charge is 0.507 e. The van der Waals surface area contributed by atoms with E-state index in [4.69, 9.17) is 0 Å². The average Bonchev–Trinajstić information content (AvgIpc) is 2.35. The van der Waals surface area contributed by atoms with Gasteiger partial charge < -0.3 is 14.6 Å². The maximum absolute atomic E-state index is 13.2. The number of ether oxygens (including phenoxy) is 2. The van der Waals surface area contributed by atoms with Gasteiger partial charge in [0, 0.05) is 17.7 Å². The Morgan fingerprint density at radius 3 is 2.45 bits per heavy atom. The molecule has 0 saturated heterocycles. The molecule has 9 heteroatoms. The van der Waals surface area contributed by atoms with E-state index < -0.39 is 41.0 Å². The Kier molecular flexibility index (Phi) is 5.50. The van der Waals surface area contributed by atoms with Gasteiger partial charge in [-0.2, -0.15) is 0 Å². The molecule has 22 heavy (non-hydrogen) atoms. The number of rotatable bonds is 5. The third-order valence-electron chi connectivity index (χ3n) is 2.15. The highest BCUT2D eigenvalue weighted by Crippen LogP contribution is 2.26. The molecule has 0 aliphatic carbocycles. The standard InChI is InChI=1S/C13H10F4O5/c1-2-21-12(20)11(19)6-10(18)7-3-8(14)5-9(4-7)22-13(15,16)17/h3-6,18H,2H2,1H3/b10-6-. The zero-order valence-corrected chi connectivity index (χ0v) is 11.1. The van der Waals surface area contributed by atoms with Crippen LogP contribution in [-0.2, 0) is 14.3 Å². The Bertz CT molecular complexity index is 607. The summed E-state index contributed by atoms with van der Waals surface area (Å²) in [7, 11) is 0. The van der Waals surface area contributed by atoms with Crippen LogP contribution >= 0.6 is 0 Å². The number of alkyl halides is 3. The topological polar surface area (TPSA) is 72.8 Å². The Morgan fingerprint density at radius 1 is 1.27 bits per heavy atom. The van der Waals surface area contributed by atoms with E-state index in [0.29, 0.717) is 24.3 Å². The minimum absolute atomic E-state index is 0.0806. The number of carbonyl (C=O) groups is 2.